The highest BCUT2D eigenvalue weighted by Gasteiger charge is 2.23. The van der Waals surface area contributed by atoms with Crippen molar-refractivity contribution in [1.82, 2.24) is 0 Å². The van der Waals surface area contributed by atoms with Crippen LogP contribution in [0.4, 0.5) is 5.69 Å². The molecule has 0 aliphatic carbocycles. The standard InChI is InChI=1S/C15H13NO6/c1-21-10-5-3-9(4-6-10)15(18)11-7-12(16(19)20)14(22-2)8-13(11)17/h3-8,17H,1-2H3. The van der Waals surface area contributed by atoms with Gasteiger partial charge in [-0.2, -0.15) is 0 Å². The minimum absolute atomic E-state index is 0.117. The Bertz CT molecular complexity index is 724. The van der Waals surface area contributed by atoms with Gasteiger partial charge >= 0.3 is 5.69 Å². The van der Waals surface area contributed by atoms with Gasteiger partial charge in [-0.1, -0.05) is 0 Å². The van der Waals surface area contributed by atoms with Crippen molar-refractivity contribution in [3.05, 3.63) is 57.6 Å². The van der Waals surface area contributed by atoms with Crippen molar-refractivity contribution in [2.45, 2.75) is 0 Å². The Balaban J connectivity index is 2.48. The molecule has 0 fully saturated rings. The van der Waals surface area contributed by atoms with Crippen molar-refractivity contribution in [2.24, 2.45) is 0 Å². The summed E-state index contributed by atoms with van der Waals surface area (Å²) in [5.41, 5.74) is -0.287. The predicted molar refractivity (Wildman–Crippen MR) is 77.7 cm³/mol. The largest absolute Gasteiger partial charge is 0.507 e. The molecule has 1 N–H and O–H groups in total. The zero-order chi connectivity index (χ0) is 16.3. The summed E-state index contributed by atoms with van der Waals surface area (Å²) < 4.78 is 9.82. The molecular weight excluding hydrogens is 290 g/mol. The van der Waals surface area contributed by atoms with E-state index in [-0.39, 0.29) is 22.6 Å². The molecule has 0 heterocycles. The molecule has 0 saturated heterocycles. The summed E-state index contributed by atoms with van der Waals surface area (Å²) in [5.74, 6) is -0.468. The number of hydrogen-bond acceptors (Lipinski definition) is 6. The molecule has 0 amide bonds. The van der Waals surface area contributed by atoms with Gasteiger partial charge in [0.05, 0.1) is 24.7 Å². The van der Waals surface area contributed by atoms with Gasteiger partial charge in [0.25, 0.3) is 0 Å². The Labute approximate surface area is 125 Å². The predicted octanol–water partition coefficient (Wildman–Crippen LogP) is 2.55. The Morgan fingerprint density at radius 1 is 1.14 bits per heavy atom. The molecule has 0 radical (unpaired) electrons. The number of carbonyl (C=O) groups is 1. The maximum atomic E-state index is 12.4. The normalized spacial score (nSPS) is 10.1. The number of rotatable bonds is 5. The highest BCUT2D eigenvalue weighted by atomic mass is 16.6. The fourth-order valence-electron chi connectivity index (χ4n) is 1.94. The molecule has 0 aliphatic heterocycles. The third-order valence-corrected chi connectivity index (χ3v) is 3.09. The summed E-state index contributed by atoms with van der Waals surface area (Å²) in [6.07, 6.45) is 0. The minimum atomic E-state index is -0.678. The molecule has 114 valence electrons. The summed E-state index contributed by atoms with van der Waals surface area (Å²) in [4.78, 5) is 22.7. The van der Waals surface area contributed by atoms with Crippen molar-refractivity contribution in [3.63, 3.8) is 0 Å². The molecule has 7 nitrogen and oxygen atoms in total. The summed E-state index contributed by atoms with van der Waals surface area (Å²) in [5, 5.41) is 20.9. The maximum Gasteiger partial charge on any atom is 0.311 e. The van der Waals surface area contributed by atoms with Crippen molar-refractivity contribution in [2.75, 3.05) is 14.2 Å². The van der Waals surface area contributed by atoms with E-state index in [4.69, 9.17) is 9.47 Å². The Kier molecular flexibility index (Phi) is 4.26. The lowest BCUT2D eigenvalue weighted by Gasteiger charge is -2.08. The lowest BCUT2D eigenvalue weighted by Crippen LogP contribution is -2.04. The first-order chi connectivity index (χ1) is 10.5. The average molecular weight is 303 g/mol. The van der Waals surface area contributed by atoms with Crippen LogP contribution in [0.1, 0.15) is 15.9 Å². The first-order valence-electron chi connectivity index (χ1n) is 6.22. The maximum absolute atomic E-state index is 12.4. The van der Waals surface area contributed by atoms with E-state index in [1.807, 2.05) is 0 Å². The van der Waals surface area contributed by atoms with Gasteiger partial charge < -0.3 is 14.6 Å². The quantitative estimate of drug-likeness (QED) is 0.517. The van der Waals surface area contributed by atoms with Crippen LogP contribution in [-0.2, 0) is 0 Å². The molecule has 0 aliphatic rings. The van der Waals surface area contributed by atoms with E-state index in [2.05, 4.69) is 0 Å². The van der Waals surface area contributed by atoms with Crippen LogP contribution in [0.3, 0.4) is 0 Å². The number of nitrogens with zero attached hydrogens (tertiary/aromatic N) is 1. The number of methoxy groups -OCH3 is 2. The van der Waals surface area contributed by atoms with Crippen molar-refractivity contribution < 1.29 is 24.3 Å². The molecule has 0 spiro atoms. The molecule has 0 atom stereocenters. The topological polar surface area (TPSA) is 98.9 Å². The summed E-state index contributed by atoms with van der Waals surface area (Å²) in [6.45, 7) is 0. The number of carbonyl (C=O) groups excluding carboxylic acids is 1. The van der Waals surface area contributed by atoms with Crippen LogP contribution in [0.5, 0.6) is 17.2 Å². The molecule has 0 unspecified atom stereocenters. The third-order valence-electron chi connectivity index (χ3n) is 3.09. The molecule has 2 rings (SSSR count). The van der Waals surface area contributed by atoms with Crippen LogP contribution in [0.2, 0.25) is 0 Å². The molecule has 22 heavy (non-hydrogen) atoms. The van der Waals surface area contributed by atoms with Gasteiger partial charge in [-0.05, 0) is 24.3 Å². The minimum Gasteiger partial charge on any atom is -0.507 e. The van der Waals surface area contributed by atoms with Crippen LogP contribution in [0.15, 0.2) is 36.4 Å². The molecule has 0 aromatic heterocycles. The number of nitro benzene ring substituents is 1. The number of nitro groups is 1. The highest BCUT2D eigenvalue weighted by molar-refractivity contribution is 6.11. The number of ether oxygens (including phenoxy) is 2. The zero-order valence-corrected chi connectivity index (χ0v) is 11.9. The monoisotopic (exact) mass is 303 g/mol. The third kappa shape index (κ3) is 2.83. The number of benzene rings is 2. The fourth-order valence-corrected chi connectivity index (χ4v) is 1.94. The average Bonchev–Trinajstić information content (AvgIpc) is 2.53. The molecule has 2 aromatic rings. The van der Waals surface area contributed by atoms with Crippen LogP contribution >= 0.6 is 0 Å². The fraction of sp³-hybridized carbons (Fsp3) is 0.133. The van der Waals surface area contributed by atoms with E-state index in [9.17, 15) is 20.0 Å². The first kappa shape index (κ1) is 15.3. The van der Waals surface area contributed by atoms with E-state index in [0.717, 1.165) is 12.1 Å². The van der Waals surface area contributed by atoms with Gasteiger partial charge in [0.15, 0.2) is 5.78 Å². The highest BCUT2D eigenvalue weighted by Crippen LogP contribution is 2.34. The van der Waals surface area contributed by atoms with Gasteiger partial charge in [0, 0.05) is 17.7 Å². The number of hydrogen-bond donors (Lipinski definition) is 1. The second-order valence-corrected chi connectivity index (χ2v) is 4.36. The number of aromatic hydroxyl groups is 1. The Hall–Kier alpha value is -3.09. The second-order valence-electron chi connectivity index (χ2n) is 4.36. The van der Waals surface area contributed by atoms with Crippen LogP contribution in [-0.4, -0.2) is 30.0 Å². The molecule has 7 heteroatoms. The molecule has 0 bridgehead atoms. The number of phenolic OH excluding ortho intramolecular Hbond substituents is 1. The number of ketones is 1. The summed E-state index contributed by atoms with van der Waals surface area (Å²) >= 11 is 0. The van der Waals surface area contributed by atoms with E-state index in [1.54, 1.807) is 12.1 Å². The van der Waals surface area contributed by atoms with E-state index in [0.29, 0.717) is 5.75 Å². The van der Waals surface area contributed by atoms with Gasteiger partial charge in [0.1, 0.15) is 11.5 Å². The molecule has 2 aromatic carbocycles. The van der Waals surface area contributed by atoms with E-state index in [1.165, 1.54) is 26.4 Å². The second kappa shape index (κ2) is 6.13. The van der Waals surface area contributed by atoms with Crippen molar-refractivity contribution in [1.29, 1.82) is 0 Å². The molecular formula is C15H13NO6. The smallest absolute Gasteiger partial charge is 0.311 e. The van der Waals surface area contributed by atoms with E-state index < -0.39 is 16.4 Å². The Morgan fingerprint density at radius 2 is 1.77 bits per heavy atom. The van der Waals surface area contributed by atoms with Crippen LogP contribution in [0.25, 0.3) is 0 Å². The summed E-state index contributed by atoms with van der Waals surface area (Å²) in [6, 6.07) is 8.24. The SMILES string of the molecule is COc1ccc(C(=O)c2cc([N+](=O)[O-])c(OC)cc2O)cc1. The van der Waals surface area contributed by atoms with Gasteiger partial charge in [-0.25, -0.2) is 0 Å². The van der Waals surface area contributed by atoms with Gasteiger partial charge in [-0.3, -0.25) is 14.9 Å². The summed E-state index contributed by atoms with van der Waals surface area (Å²) in [7, 11) is 2.74. The van der Waals surface area contributed by atoms with Crippen molar-refractivity contribution >= 4 is 11.5 Å². The van der Waals surface area contributed by atoms with Crippen LogP contribution in [0, 0.1) is 10.1 Å². The lowest BCUT2D eigenvalue weighted by molar-refractivity contribution is -0.385. The van der Waals surface area contributed by atoms with E-state index >= 15 is 0 Å². The number of phenols is 1. The first-order valence-corrected chi connectivity index (χ1v) is 6.22. The van der Waals surface area contributed by atoms with Gasteiger partial charge in [-0.15, -0.1) is 0 Å². The molecule has 0 saturated carbocycles. The van der Waals surface area contributed by atoms with Crippen LogP contribution < -0.4 is 9.47 Å². The van der Waals surface area contributed by atoms with Crippen molar-refractivity contribution in [3.8, 4) is 17.2 Å². The van der Waals surface area contributed by atoms with Gasteiger partial charge in [0.2, 0.25) is 5.75 Å². The Morgan fingerprint density at radius 3 is 2.27 bits per heavy atom. The lowest BCUT2D eigenvalue weighted by atomic mass is 10.0. The zero-order valence-electron chi connectivity index (χ0n) is 11.9.